The van der Waals surface area contributed by atoms with Gasteiger partial charge in [-0.3, -0.25) is 10.1 Å². The second-order valence-corrected chi connectivity index (χ2v) is 7.08. The maximum atomic E-state index is 11.2. The molecule has 0 amide bonds. The molecule has 3 aromatic rings. The van der Waals surface area contributed by atoms with Crippen molar-refractivity contribution in [3.63, 3.8) is 0 Å². The lowest BCUT2D eigenvalue weighted by Gasteiger charge is -2.16. The second-order valence-electron chi connectivity index (χ2n) is 7.08. The van der Waals surface area contributed by atoms with E-state index in [0.717, 1.165) is 43.1 Å². The van der Waals surface area contributed by atoms with Crippen molar-refractivity contribution < 1.29 is 13.8 Å². The van der Waals surface area contributed by atoms with Crippen LogP contribution in [0.5, 0.6) is 5.75 Å². The average molecular weight is 383 g/mol. The van der Waals surface area contributed by atoms with Gasteiger partial charge in [0.25, 0.3) is 5.69 Å². The van der Waals surface area contributed by atoms with Crippen LogP contribution in [-0.2, 0) is 13.0 Å². The van der Waals surface area contributed by atoms with E-state index in [1.165, 1.54) is 25.0 Å². The Hall–Kier alpha value is -2.93. The third-order valence-corrected chi connectivity index (χ3v) is 5.26. The Labute approximate surface area is 167 Å². The minimum atomic E-state index is -2.49. The Kier molecular flexibility index (Phi) is 4.29. The van der Waals surface area contributed by atoms with Gasteiger partial charge in [0, 0.05) is 31.6 Å². The number of ether oxygens (including phenoxy) is 1. The van der Waals surface area contributed by atoms with Gasteiger partial charge in [0.05, 0.1) is 27.1 Å². The quantitative estimate of drug-likeness (QED) is 0.460. The second kappa shape index (κ2) is 7.98. The first-order chi connectivity index (χ1) is 14.8. The molecule has 0 N–H and O–H groups in total. The number of hydrogen-bond acceptors (Lipinski definition) is 5. The molecule has 0 aliphatic carbocycles. The van der Waals surface area contributed by atoms with Crippen molar-refractivity contribution in [2.75, 3.05) is 26.7 Å². The third kappa shape index (κ3) is 3.84. The normalized spacial score (nSPS) is 16.6. The Morgan fingerprint density at radius 3 is 2.68 bits per heavy atom. The molecule has 0 bridgehead atoms. The van der Waals surface area contributed by atoms with Gasteiger partial charge in [-0.2, -0.15) is 0 Å². The smallest absolute Gasteiger partial charge is 0.271 e. The summed E-state index contributed by atoms with van der Waals surface area (Å²) >= 11 is 0. The maximum absolute atomic E-state index is 11.2. The summed E-state index contributed by atoms with van der Waals surface area (Å²) in [5.41, 5.74) is 2.45. The van der Waals surface area contributed by atoms with E-state index in [1.807, 2.05) is 12.1 Å². The number of non-ortho nitro benzene ring substituents is 1. The number of methoxy groups -OCH3 is 1. The zero-order valence-corrected chi connectivity index (χ0v) is 15.5. The molecule has 4 rings (SSSR count). The van der Waals surface area contributed by atoms with Gasteiger partial charge in [-0.1, -0.05) is 12.1 Å². The van der Waals surface area contributed by atoms with Crippen LogP contribution in [0.2, 0.25) is 0 Å². The molecule has 28 heavy (non-hydrogen) atoms. The van der Waals surface area contributed by atoms with Crippen molar-refractivity contribution in [1.29, 1.82) is 0 Å². The van der Waals surface area contributed by atoms with Crippen LogP contribution in [0, 0.1) is 10.1 Å². The highest BCUT2D eigenvalue weighted by Gasteiger charge is 2.17. The predicted molar refractivity (Wildman–Crippen MR) is 108 cm³/mol. The molecule has 0 radical (unpaired) electrons. The fourth-order valence-electron chi connectivity index (χ4n) is 3.77. The average Bonchev–Trinajstić information content (AvgIpc) is 3.33. The molecule has 0 saturated carbocycles. The SMILES string of the molecule is [2H]C([2H])([2H])Oc1ccc(Cc2nc3cc([N+](=O)[O-])ccc3n2CCN2CCCC2)cc1. The first kappa shape index (κ1) is 15.0. The third-order valence-electron chi connectivity index (χ3n) is 5.26. The standard InChI is InChI=1S/C21H24N4O3/c1-28-18-7-4-16(5-8-18)14-21-22-19-15-17(25(26)27)6-9-20(19)24(21)13-12-23-10-2-3-11-23/h4-9,15H,2-3,10-14H2,1H3/i1D3. The Morgan fingerprint density at radius 1 is 1.18 bits per heavy atom. The van der Waals surface area contributed by atoms with E-state index >= 15 is 0 Å². The van der Waals surface area contributed by atoms with E-state index in [1.54, 1.807) is 18.2 Å². The number of nitro benzene ring substituents is 1. The van der Waals surface area contributed by atoms with Crippen molar-refractivity contribution in [2.24, 2.45) is 0 Å². The zero-order valence-electron chi connectivity index (χ0n) is 18.5. The first-order valence-corrected chi connectivity index (χ1v) is 9.42. The summed E-state index contributed by atoms with van der Waals surface area (Å²) in [5, 5.41) is 11.2. The summed E-state index contributed by atoms with van der Waals surface area (Å²) in [7, 11) is -2.49. The molecule has 1 saturated heterocycles. The minimum absolute atomic E-state index is 0.0226. The molecular formula is C21H24N4O3. The van der Waals surface area contributed by atoms with E-state index in [9.17, 15) is 10.1 Å². The molecular weight excluding hydrogens is 356 g/mol. The van der Waals surface area contributed by atoms with Crippen molar-refractivity contribution in [2.45, 2.75) is 25.8 Å². The summed E-state index contributed by atoms with van der Waals surface area (Å²) in [6.45, 7) is 3.85. The van der Waals surface area contributed by atoms with E-state index in [0.29, 0.717) is 11.9 Å². The van der Waals surface area contributed by atoms with Crippen LogP contribution in [0.4, 0.5) is 5.69 Å². The number of nitro groups is 1. The van der Waals surface area contributed by atoms with Crippen molar-refractivity contribution in [3.8, 4) is 5.75 Å². The van der Waals surface area contributed by atoms with Gasteiger partial charge < -0.3 is 14.2 Å². The number of nitrogens with zero attached hydrogens (tertiary/aromatic N) is 4. The van der Waals surface area contributed by atoms with Crippen LogP contribution in [0.25, 0.3) is 11.0 Å². The van der Waals surface area contributed by atoms with Crippen LogP contribution in [-0.4, -0.2) is 46.0 Å². The largest absolute Gasteiger partial charge is 0.497 e. The molecule has 2 heterocycles. The van der Waals surface area contributed by atoms with Crippen molar-refractivity contribution in [1.82, 2.24) is 14.5 Å². The first-order valence-electron chi connectivity index (χ1n) is 10.9. The lowest BCUT2D eigenvalue weighted by molar-refractivity contribution is -0.384. The van der Waals surface area contributed by atoms with Gasteiger partial charge in [-0.25, -0.2) is 4.98 Å². The number of fused-ring (bicyclic) bond motifs is 1. The van der Waals surface area contributed by atoms with Crippen molar-refractivity contribution >= 4 is 16.7 Å². The summed E-state index contributed by atoms with van der Waals surface area (Å²) in [4.78, 5) is 17.9. The molecule has 0 atom stereocenters. The molecule has 7 nitrogen and oxygen atoms in total. The Balaban J connectivity index is 1.61. The summed E-state index contributed by atoms with van der Waals surface area (Å²) in [6, 6.07) is 11.7. The number of likely N-dealkylation sites (tertiary alicyclic amines) is 1. The van der Waals surface area contributed by atoms with Crippen LogP contribution < -0.4 is 4.74 Å². The highest BCUT2D eigenvalue weighted by atomic mass is 16.6. The number of hydrogen-bond donors (Lipinski definition) is 0. The molecule has 7 heteroatoms. The van der Waals surface area contributed by atoms with Crippen LogP contribution in [0.15, 0.2) is 42.5 Å². The number of imidazole rings is 1. The van der Waals surface area contributed by atoms with Gasteiger partial charge in [-0.05, 0) is 49.7 Å². The maximum Gasteiger partial charge on any atom is 0.271 e. The summed E-state index contributed by atoms with van der Waals surface area (Å²) < 4.78 is 28.7. The van der Waals surface area contributed by atoms with Gasteiger partial charge in [0.1, 0.15) is 11.6 Å². The summed E-state index contributed by atoms with van der Waals surface area (Å²) in [6.07, 6.45) is 2.96. The Morgan fingerprint density at radius 2 is 1.96 bits per heavy atom. The minimum Gasteiger partial charge on any atom is -0.497 e. The monoisotopic (exact) mass is 383 g/mol. The topological polar surface area (TPSA) is 73.4 Å². The Bertz CT molecular complexity index is 1070. The van der Waals surface area contributed by atoms with Crippen LogP contribution in [0.1, 0.15) is 28.3 Å². The molecule has 1 aliphatic rings. The molecule has 0 unspecified atom stereocenters. The van der Waals surface area contributed by atoms with E-state index in [-0.39, 0.29) is 11.4 Å². The van der Waals surface area contributed by atoms with E-state index in [2.05, 4.69) is 9.47 Å². The number of rotatable bonds is 7. The van der Waals surface area contributed by atoms with Gasteiger partial charge in [0.2, 0.25) is 0 Å². The zero-order chi connectivity index (χ0) is 22.0. The molecule has 1 aromatic heterocycles. The molecule has 0 spiro atoms. The van der Waals surface area contributed by atoms with Gasteiger partial charge >= 0.3 is 0 Å². The van der Waals surface area contributed by atoms with Crippen molar-refractivity contribution in [3.05, 3.63) is 64.0 Å². The summed E-state index contributed by atoms with van der Waals surface area (Å²) in [5.74, 6) is 1.10. The van der Waals surface area contributed by atoms with Gasteiger partial charge in [-0.15, -0.1) is 0 Å². The van der Waals surface area contributed by atoms with E-state index in [4.69, 9.17) is 13.8 Å². The van der Waals surface area contributed by atoms with Crippen LogP contribution in [0.3, 0.4) is 0 Å². The van der Waals surface area contributed by atoms with E-state index < -0.39 is 12.0 Å². The lowest BCUT2D eigenvalue weighted by Crippen LogP contribution is -2.24. The molecule has 1 aliphatic heterocycles. The lowest BCUT2D eigenvalue weighted by atomic mass is 10.1. The predicted octanol–water partition coefficient (Wildman–Crippen LogP) is 3.64. The number of aromatic nitrogens is 2. The van der Waals surface area contributed by atoms with Crippen LogP contribution >= 0.6 is 0 Å². The highest BCUT2D eigenvalue weighted by Crippen LogP contribution is 2.24. The fourth-order valence-corrected chi connectivity index (χ4v) is 3.77. The molecule has 2 aromatic carbocycles. The highest BCUT2D eigenvalue weighted by molar-refractivity contribution is 5.78. The fraction of sp³-hybridized carbons (Fsp3) is 0.381. The van der Waals surface area contributed by atoms with Gasteiger partial charge in [0.15, 0.2) is 0 Å². The molecule has 146 valence electrons. The molecule has 1 fully saturated rings. The number of benzene rings is 2.